The number of benzene rings is 1. The lowest BCUT2D eigenvalue weighted by Crippen LogP contribution is -2.14. The molecule has 2 rings (SSSR count). The number of aromatic nitrogens is 3. The summed E-state index contributed by atoms with van der Waals surface area (Å²) in [5.74, 6) is -0.149. The highest BCUT2D eigenvalue weighted by molar-refractivity contribution is 7.99. The van der Waals surface area contributed by atoms with Crippen LogP contribution in [-0.2, 0) is 4.79 Å². The quantitative estimate of drug-likeness (QED) is 0.726. The van der Waals surface area contributed by atoms with Crippen molar-refractivity contribution in [2.24, 2.45) is 0 Å². The Morgan fingerprint density at radius 3 is 2.43 bits per heavy atom. The van der Waals surface area contributed by atoms with Crippen LogP contribution in [0.1, 0.15) is 0 Å². The second-order valence-corrected chi connectivity index (χ2v) is 5.56. The van der Waals surface area contributed by atoms with Crippen molar-refractivity contribution in [1.82, 2.24) is 15.0 Å². The summed E-state index contributed by atoms with van der Waals surface area (Å²) in [6.07, 6.45) is 0. The number of nitrogens with one attached hydrogen (secondary N) is 1. The van der Waals surface area contributed by atoms with E-state index in [9.17, 15) is 4.79 Å². The highest BCUT2D eigenvalue weighted by Crippen LogP contribution is 2.25. The molecule has 0 bridgehead atoms. The third-order valence-corrected chi connectivity index (χ3v) is 3.77. The molecule has 0 unspecified atom stereocenters. The largest absolute Gasteiger partial charge is 0.368 e. The number of hydrogen-bond acceptors (Lipinski definition) is 7. The van der Waals surface area contributed by atoms with Gasteiger partial charge in [-0.25, -0.2) is 0 Å². The minimum Gasteiger partial charge on any atom is -0.368 e. The molecule has 1 aromatic heterocycles. The van der Waals surface area contributed by atoms with Gasteiger partial charge in [-0.3, -0.25) is 4.79 Å². The Hall–Kier alpha value is -1.77. The maximum Gasteiger partial charge on any atom is 0.234 e. The Kier molecular flexibility index (Phi) is 5.05. The van der Waals surface area contributed by atoms with Crippen LogP contribution < -0.4 is 16.8 Å². The Morgan fingerprint density at radius 1 is 1.14 bits per heavy atom. The number of anilines is 3. The number of thioether (sulfide) groups is 1. The van der Waals surface area contributed by atoms with E-state index in [0.717, 1.165) is 11.8 Å². The zero-order valence-corrected chi connectivity index (χ0v) is 12.8. The topological polar surface area (TPSA) is 120 Å². The third-order valence-electron chi connectivity index (χ3n) is 2.19. The second-order valence-electron chi connectivity index (χ2n) is 3.80. The van der Waals surface area contributed by atoms with Crippen LogP contribution in [-0.4, -0.2) is 26.6 Å². The van der Waals surface area contributed by atoms with Gasteiger partial charge >= 0.3 is 0 Å². The van der Waals surface area contributed by atoms with E-state index in [-0.39, 0.29) is 28.7 Å². The van der Waals surface area contributed by atoms with Crippen molar-refractivity contribution in [1.29, 1.82) is 0 Å². The molecule has 1 amide bonds. The number of nitrogens with two attached hydrogens (primary N) is 2. The van der Waals surface area contributed by atoms with Crippen molar-refractivity contribution < 1.29 is 4.79 Å². The van der Waals surface area contributed by atoms with E-state index in [4.69, 9.17) is 34.7 Å². The molecule has 7 nitrogen and oxygen atoms in total. The van der Waals surface area contributed by atoms with Gasteiger partial charge in [-0.15, -0.1) is 0 Å². The van der Waals surface area contributed by atoms with Crippen LogP contribution in [0.25, 0.3) is 0 Å². The predicted molar refractivity (Wildman–Crippen MR) is 84.5 cm³/mol. The Balaban J connectivity index is 1.94. The summed E-state index contributed by atoms with van der Waals surface area (Å²) in [7, 11) is 0. The van der Waals surface area contributed by atoms with Gasteiger partial charge < -0.3 is 16.8 Å². The molecule has 0 spiro atoms. The minimum absolute atomic E-state index is 0.00916. The molecule has 21 heavy (non-hydrogen) atoms. The number of hydrogen-bond donors (Lipinski definition) is 3. The summed E-state index contributed by atoms with van der Waals surface area (Å²) in [6.45, 7) is 0. The van der Waals surface area contributed by atoms with E-state index >= 15 is 0 Å². The monoisotopic (exact) mass is 344 g/mol. The van der Waals surface area contributed by atoms with E-state index in [0.29, 0.717) is 15.7 Å². The summed E-state index contributed by atoms with van der Waals surface area (Å²) in [6, 6.07) is 4.81. The van der Waals surface area contributed by atoms with Gasteiger partial charge in [0.15, 0.2) is 5.16 Å². The number of rotatable bonds is 4. The van der Waals surface area contributed by atoms with Gasteiger partial charge in [-0.05, 0) is 18.2 Å². The lowest BCUT2D eigenvalue weighted by molar-refractivity contribution is -0.113. The number of carbonyl (C=O) groups is 1. The van der Waals surface area contributed by atoms with Crippen LogP contribution in [0.4, 0.5) is 17.6 Å². The van der Waals surface area contributed by atoms with Gasteiger partial charge in [0.25, 0.3) is 0 Å². The highest BCUT2D eigenvalue weighted by Gasteiger charge is 2.08. The summed E-state index contributed by atoms with van der Waals surface area (Å²) in [4.78, 5) is 23.2. The highest BCUT2D eigenvalue weighted by atomic mass is 35.5. The summed E-state index contributed by atoms with van der Waals surface area (Å²) < 4.78 is 0. The maximum atomic E-state index is 11.8. The Bertz CT molecular complexity index is 664. The molecule has 2 aromatic rings. The fourth-order valence-corrected chi connectivity index (χ4v) is 2.30. The average molecular weight is 345 g/mol. The first-order valence-corrected chi connectivity index (χ1v) is 7.33. The molecule has 0 fully saturated rings. The van der Waals surface area contributed by atoms with Crippen molar-refractivity contribution >= 4 is 58.5 Å². The molecule has 0 radical (unpaired) electrons. The fraction of sp³-hybridized carbons (Fsp3) is 0.0909. The average Bonchev–Trinajstić information content (AvgIpc) is 2.40. The van der Waals surface area contributed by atoms with Crippen LogP contribution in [0, 0.1) is 0 Å². The van der Waals surface area contributed by atoms with E-state index in [1.807, 2.05) is 0 Å². The van der Waals surface area contributed by atoms with Gasteiger partial charge in [-0.2, -0.15) is 15.0 Å². The molecule has 0 saturated carbocycles. The van der Waals surface area contributed by atoms with Crippen molar-refractivity contribution in [2.75, 3.05) is 22.5 Å². The van der Waals surface area contributed by atoms with Gasteiger partial charge in [0.1, 0.15) is 0 Å². The van der Waals surface area contributed by atoms with Gasteiger partial charge in [0.2, 0.25) is 17.8 Å². The van der Waals surface area contributed by atoms with E-state index in [1.54, 1.807) is 18.2 Å². The summed E-state index contributed by atoms with van der Waals surface area (Å²) in [5, 5.41) is 3.73. The van der Waals surface area contributed by atoms with E-state index in [2.05, 4.69) is 20.3 Å². The van der Waals surface area contributed by atoms with Crippen molar-refractivity contribution in [2.45, 2.75) is 5.16 Å². The molecular formula is C11H10Cl2N6OS. The predicted octanol–water partition coefficient (Wildman–Crippen LogP) is 2.07. The van der Waals surface area contributed by atoms with Crippen molar-refractivity contribution in [3.05, 3.63) is 28.2 Å². The van der Waals surface area contributed by atoms with E-state index in [1.165, 1.54) is 0 Å². The number of carbonyl (C=O) groups excluding carboxylic acids is 1. The Labute approximate surface area is 134 Å². The number of nitrogen functional groups attached to an aromatic ring is 2. The molecular weight excluding hydrogens is 335 g/mol. The lowest BCUT2D eigenvalue weighted by atomic mass is 10.3. The smallest absolute Gasteiger partial charge is 0.234 e. The molecule has 0 aliphatic rings. The number of halogens is 2. The van der Waals surface area contributed by atoms with Crippen LogP contribution in [0.2, 0.25) is 10.0 Å². The summed E-state index contributed by atoms with van der Waals surface area (Å²) in [5.41, 5.74) is 11.4. The third kappa shape index (κ3) is 4.62. The van der Waals surface area contributed by atoms with Gasteiger partial charge in [0, 0.05) is 5.69 Å². The van der Waals surface area contributed by atoms with Crippen molar-refractivity contribution in [3.8, 4) is 0 Å². The van der Waals surface area contributed by atoms with Crippen LogP contribution in [0.15, 0.2) is 23.4 Å². The first kappa shape index (κ1) is 15.6. The first-order chi connectivity index (χ1) is 9.94. The minimum atomic E-state index is -0.254. The van der Waals surface area contributed by atoms with Crippen LogP contribution in [0.5, 0.6) is 0 Å². The SMILES string of the molecule is Nc1nc(N)nc(SCC(=O)Nc2ccc(Cl)c(Cl)c2)n1. The molecule has 0 saturated heterocycles. The summed E-state index contributed by atoms with van der Waals surface area (Å²) >= 11 is 12.7. The molecule has 1 aromatic carbocycles. The van der Waals surface area contributed by atoms with E-state index < -0.39 is 0 Å². The molecule has 0 aliphatic heterocycles. The number of amides is 1. The molecule has 0 aliphatic carbocycles. The molecule has 5 N–H and O–H groups in total. The van der Waals surface area contributed by atoms with Crippen LogP contribution >= 0.6 is 35.0 Å². The van der Waals surface area contributed by atoms with Gasteiger partial charge in [0.05, 0.1) is 15.8 Å². The zero-order valence-electron chi connectivity index (χ0n) is 10.5. The van der Waals surface area contributed by atoms with Crippen LogP contribution in [0.3, 0.4) is 0 Å². The normalized spacial score (nSPS) is 10.4. The second kappa shape index (κ2) is 6.79. The van der Waals surface area contributed by atoms with Gasteiger partial charge in [-0.1, -0.05) is 35.0 Å². The number of nitrogens with zero attached hydrogens (tertiary/aromatic N) is 3. The fourth-order valence-electron chi connectivity index (χ4n) is 1.35. The first-order valence-electron chi connectivity index (χ1n) is 5.59. The zero-order chi connectivity index (χ0) is 15.4. The molecule has 10 heteroatoms. The molecule has 110 valence electrons. The Morgan fingerprint density at radius 2 is 1.81 bits per heavy atom. The maximum absolute atomic E-state index is 11.8. The molecule has 1 heterocycles. The standard InChI is InChI=1S/C11H10Cl2N6OS/c12-6-2-1-5(3-7(6)13)16-8(20)4-21-11-18-9(14)17-10(15)19-11/h1-3H,4H2,(H,16,20)(H4,14,15,17,18,19). The van der Waals surface area contributed by atoms with Crippen molar-refractivity contribution in [3.63, 3.8) is 0 Å². The lowest BCUT2D eigenvalue weighted by Gasteiger charge is -2.06. The molecule has 0 atom stereocenters.